The number of amides is 1. The summed E-state index contributed by atoms with van der Waals surface area (Å²) in [6.45, 7) is 9.90. The normalized spacial score (nSPS) is 19.4. The fourth-order valence-corrected chi connectivity index (χ4v) is 4.90. The first-order valence-electron chi connectivity index (χ1n) is 9.76. The summed E-state index contributed by atoms with van der Waals surface area (Å²) in [6, 6.07) is 8.27. The smallest absolute Gasteiger partial charge is 0.253 e. The second kappa shape index (κ2) is 8.38. The van der Waals surface area contributed by atoms with Crippen molar-refractivity contribution in [3.8, 4) is 0 Å². The number of thioether (sulfide) groups is 1. The van der Waals surface area contributed by atoms with E-state index in [0.717, 1.165) is 41.5 Å². The van der Waals surface area contributed by atoms with Crippen molar-refractivity contribution in [2.24, 2.45) is 0 Å². The molecule has 1 saturated carbocycles. The summed E-state index contributed by atoms with van der Waals surface area (Å²) in [5.74, 6) is 0.230. The van der Waals surface area contributed by atoms with Gasteiger partial charge in [0, 0.05) is 42.6 Å². The van der Waals surface area contributed by atoms with Gasteiger partial charge in [-0.3, -0.25) is 9.59 Å². The highest BCUT2D eigenvalue weighted by atomic mass is 32.2. The molecule has 1 N–H and O–H groups in total. The van der Waals surface area contributed by atoms with E-state index >= 15 is 0 Å². The minimum Gasteiger partial charge on any atom is -0.382 e. The molecule has 5 nitrogen and oxygen atoms in total. The molecule has 3 rings (SSSR count). The SMILES string of the molecule is CCN(CC)C(=O)c1ccc(NCC2SC(C(C)=O)=C(C)N2C2CC2)cc1. The van der Waals surface area contributed by atoms with Gasteiger partial charge in [0.25, 0.3) is 5.91 Å². The lowest BCUT2D eigenvalue weighted by Crippen LogP contribution is -2.34. The molecule has 2 aliphatic rings. The molecule has 0 bridgehead atoms. The standard InChI is InChI=1S/C21H29N3O2S/c1-5-23(6-2)21(26)16-7-9-17(10-8-16)22-13-19-24(18-11-12-18)14(3)20(27-19)15(4)25/h7-10,18-19,22H,5-6,11-13H2,1-4H3. The van der Waals surface area contributed by atoms with Crippen LogP contribution in [-0.4, -0.2) is 52.5 Å². The molecule has 0 spiro atoms. The first kappa shape index (κ1) is 19.8. The van der Waals surface area contributed by atoms with Gasteiger partial charge in [-0.15, -0.1) is 0 Å². The van der Waals surface area contributed by atoms with Crippen molar-refractivity contribution in [1.82, 2.24) is 9.80 Å². The van der Waals surface area contributed by atoms with Crippen LogP contribution < -0.4 is 5.32 Å². The van der Waals surface area contributed by atoms with E-state index in [1.165, 1.54) is 12.8 Å². The molecule has 0 radical (unpaired) electrons. The number of carbonyl (C=O) groups excluding carboxylic acids is 2. The zero-order valence-electron chi connectivity index (χ0n) is 16.6. The van der Waals surface area contributed by atoms with Crippen molar-refractivity contribution in [1.29, 1.82) is 0 Å². The van der Waals surface area contributed by atoms with Crippen LogP contribution in [0.1, 0.15) is 50.9 Å². The minimum absolute atomic E-state index is 0.0729. The molecule has 27 heavy (non-hydrogen) atoms. The van der Waals surface area contributed by atoms with Gasteiger partial charge in [-0.2, -0.15) is 0 Å². The van der Waals surface area contributed by atoms with Crippen molar-refractivity contribution in [3.63, 3.8) is 0 Å². The Kier molecular flexibility index (Phi) is 6.15. The second-order valence-electron chi connectivity index (χ2n) is 7.12. The molecule has 6 heteroatoms. The lowest BCUT2D eigenvalue weighted by molar-refractivity contribution is -0.113. The molecule has 1 aromatic carbocycles. The third kappa shape index (κ3) is 4.32. The quantitative estimate of drug-likeness (QED) is 0.732. The van der Waals surface area contributed by atoms with Crippen LogP contribution in [-0.2, 0) is 4.79 Å². The molecule has 1 atom stereocenters. The van der Waals surface area contributed by atoms with E-state index in [2.05, 4.69) is 17.1 Å². The molecule has 1 aliphatic heterocycles. The van der Waals surface area contributed by atoms with Crippen LogP contribution in [0.2, 0.25) is 0 Å². The van der Waals surface area contributed by atoms with E-state index in [1.54, 1.807) is 18.7 Å². The number of anilines is 1. The van der Waals surface area contributed by atoms with Crippen LogP contribution in [0, 0.1) is 0 Å². The molecule has 1 aliphatic carbocycles. The van der Waals surface area contributed by atoms with Gasteiger partial charge >= 0.3 is 0 Å². The molecule has 1 unspecified atom stereocenters. The highest BCUT2D eigenvalue weighted by molar-refractivity contribution is 8.04. The van der Waals surface area contributed by atoms with Gasteiger partial charge in [0.1, 0.15) is 0 Å². The fraction of sp³-hybridized carbons (Fsp3) is 0.524. The number of hydrogen-bond acceptors (Lipinski definition) is 5. The van der Waals surface area contributed by atoms with E-state index in [9.17, 15) is 9.59 Å². The number of allylic oxidation sites excluding steroid dienone is 2. The number of ketones is 1. The number of Topliss-reactive ketones (excluding diaryl/α,β-unsaturated/α-hetero) is 1. The summed E-state index contributed by atoms with van der Waals surface area (Å²) in [6.07, 6.45) is 2.42. The molecule has 1 amide bonds. The molecular weight excluding hydrogens is 358 g/mol. The van der Waals surface area contributed by atoms with Crippen molar-refractivity contribution >= 4 is 29.1 Å². The number of nitrogens with zero attached hydrogens (tertiary/aromatic N) is 2. The van der Waals surface area contributed by atoms with Crippen molar-refractivity contribution in [3.05, 3.63) is 40.4 Å². The molecule has 0 aromatic heterocycles. The molecule has 0 saturated heterocycles. The summed E-state index contributed by atoms with van der Waals surface area (Å²) in [4.78, 5) is 29.4. The maximum Gasteiger partial charge on any atom is 0.253 e. The first-order chi connectivity index (χ1) is 13.0. The van der Waals surface area contributed by atoms with Gasteiger partial charge in [0.05, 0.1) is 10.3 Å². The van der Waals surface area contributed by atoms with Crippen molar-refractivity contribution in [2.75, 3.05) is 25.0 Å². The van der Waals surface area contributed by atoms with E-state index in [4.69, 9.17) is 0 Å². The lowest BCUT2D eigenvalue weighted by atomic mass is 10.1. The van der Waals surface area contributed by atoms with Crippen LogP contribution in [0.15, 0.2) is 34.9 Å². The minimum atomic E-state index is 0.0729. The van der Waals surface area contributed by atoms with Crippen LogP contribution in [0.4, 0.5) is 5.69 Å². The van der Waals surface area contributed by atoms with E-state index < -0.39 is 0 Å². The van der Waals surface area contributed by atoms with Gasteiger partial charge in [-0.1, -0.05) is 11.8 Å². The monoisotopic (exact) mass is 387 g/mol. The summed E-state index contributed by atoms with van der Waals surface area (Å²) >= 11 is 1.67. The number of benzene rings is 1. The average Bonchev–Trinajstić information content (AvgIpc) is 3.44. The van der Waals surface area contributed by atoms with E-state index in [-0.39, 0.29) is 17.1 Å². The maximum atomic E-state index is 12.4. The maximum absolute atomic E-state index is 12.4. The predicted molar refractivity (Wildman–Crippen MR) is 112 cm³/mol. The van der Waals surface area contributed by atoms with Crippen LogP contribution in [0.3, 0.4) is 0 Å². The largest absolute Gasteiger partial charge is 0.382 e. The van der Waals surface area contributed by atoms with Gasteiger partial charge in [0.2, 0.25) is 0 Å². The van der Waals surface area contributed by atoms with Crippen molar-refractivity contribution in [2.45, 2.75) is 52.0 Å². The summed E-state index contributed by atoms with van der Waals surface area (Å²) in [7, 11) is 0. The molecular formula is C21H29N3O2S. The second-order valence-corrected chi connectivity index (χ2v) is 8.31. The van der Waals surface area contributed by atoms with Crippen molar-refractivity contribution < 1.29 is 9.59 Å². The first-order valence-corrected chi connectivity index (χ1v) is 10.6. The van der Waals surface area contributed by atoms with Gasteiger partial charge in [0.15, 0.2) is 5.78 Å². The topological polar surface area (TPSA) is 52.7 Å². The molecule has 1 fully saturated rings. The Hall–Kier alpha value is -1.95. The van der Waals surface area contributed by atoms with Crippen LogP contribution in [0.25, 0.3) is 0 Å². The molecule has 1 heterocycles. The van der Waals surface area contributed by atoms with Crippen LogP contribution in [0.5, 0.6) is 0 Å². The van der Waals surface area contributed by atoms with Gasteiger partial charge in [-0.05, 0) is 64.8 Å². The summed E-state index contributed by atoms with van der Waals surface area (Å²) < 4.78 is 0. The number of hydrogen-bond donors (Lipinski definition) is 1. The van der Waals surface area contributed by atoms with Crippen LogP contribution >= 0.6 is 11.8 Å². The zero-order valence-corrected chi connectivity index (χ0v) is 17.4. The summed E-state index contributed by atoms with van der Waals surface area (Å²) in [5, 5.41) is 3.72. The Morgan fingerprint density at radius 3 is 2.33 bits per heavy atom. The Bertz CT molecular complexity index is 736. The fourth-order valence-electron chi connectivity index (χ4n) is 3.58. The van der Waals surface area contributed by atoms with Gasteiger partial charge < -0.3 is 15.1 Å². The number of carbonyl (C=O) groups is 2. The molecule has 146 valence electrons. The van der Waals surface area contributed by atoms with E-state index in [1.807, 2.05) is 43.0 Å². The Labute approximate surface area is 166 Å². The third-order valence-corrected chi connectivity index (χ3v) is 6.69. The van der Waals surface area contributed by atoms with E-state index in [0.29, 0.717) is 6.04 Å². The molecule has 1 aromatic rings. The highest BCUT2D eigenvalue weighted by Crippen LogP contribution is 2.45. The highest BCUT2D eigenvalue weighted by Gasteiger charge is 2.40. The zero-order chi connectivity index (χ0) is 19.6. The Morgan fingerprint density at radius 2 is 1.81 bits per heavy atom. The summed E-state index contributed by atoms with van der Waals surface area (Å²) in [5.41, 5.74) is 2.84. The average molecular weight is 388 g/mol. The lowest BCUT2D eigenvalue weighted by Gasteiger charge is -2.28. The Morgan fingerprint density at radius 1 is 1.19 bits per heavy atom. The number of rotatable bonds is 8. The number of nitrogens with one attached hydrogen (secondary N) is 1. The van der Waals surface area contributed by atoms with Gasteiger partial charge in [-0.25, -0.2) is 0 Å². The predicted octanol–water partition coefficient (Wildman–Crippen LogP) is 3.94. The third-order valence-electron chi connectivity index (χ3n) is 5.20. The Balaban J connectivity index is 1.62.